The number of benzene rings is 2. The van der Waals surface area contributed by atoms with Crippen LogP contribution in [0.3, 0.4) is 0 Å². The average Bonchev–Trinajstić information content (AvgIpc) is 2.76. The van der Waals surface area contributed by atoms with Gasteiger partial charge in [-0.25, -0.2) is 5.43 Å². The van der Waals surface area contributed by atoms with Gasteiger partial charge in [0.15, 0.2) is 18.1 Å². The summed E-state index contributed by atoms with van der Waals surface area (Å²) in [4.78, 5) is 11.9. The van der Waals surface area contributed by atoms with Crippen molar-refractivity contribution in [1.29, 1.82) is 0 Å². The van der Waals surface area contributed by atoms with Crippen LogP contribution in [-0.2, 0) is 4.79 Å². The maximum atomic E-state index is 11.9. The topological polar surface area (TPSA) is 78.4 Å². The van der Waals surface area contributed by atoms with Gasteiger partial charge in [0.1, 0.15) is 11.5 Å². The standard InChI is InChI=1S/C22H28N2O5/c1-4-5-6-13-28-20-12-7-17(14-21(20)27-3)15-23-24-22(25)16-29-19-10-8-18(26-2)9-11-19/h7-12,14-15H,4-6,13,16H2,1-3H3,(H,24,25)/b23-15+. The van der Waals surface area contributed by atoms with Crippen LogP contribution in [-0.4, -0.2) is 39.6 Å². The molecule has 7 heteroatoms. The van der Waals surface area contributed by atoms with Crippen molar-refractivity contribution in [2.75, 3.05) is 27.4 Å². The van der Waals surface area contributed by atoms with Gasteiger partial charge in [-0.1, -0.05) is 19.8 Å². The summed E-state index contributed by atoms with van der Waals surface area (Å²) in [5, 5.41) is 3.95. The first kappa shape index (κ1) is 22.1. The van der Waals surface area contributed by atoms with Crippen LogP contribution in [0.4, 0.5) is 0 Å². The highest BCUT2D eigenvalue weighted by molar-refractivity contribution is 5.83. The molecule has 0 bridgehead atoms. The van der Waals surface area contributed by atoms with Crippen LogP contribution < -0.4 is 24.4 Å². The summed E-state index contributed by atoms with van der Waals surface area (Å²) >= 11 is 0. The molecule has 1 N–H and O–H groups in total. The van der Waals surface area contributed by atoms with E-state index in [0.717, 1.165) is 30.6 Å². The highest BCUT2D eigenvalue weighted by Crippen LogP contribution is 2.27. The highest BCUT2D eigenvalue weighted by atomic mass is 16.5. The van der Waals surface area contributed by atoms with Crippen molar-refractivity contribution in [3.8, 4) is 23.0 Å². The molecule has 7 nitrogen and oxygen atoms in total. The Morgan fingerprint density at radius 2 is 1.72 bits per heavy atom. The average molecular weight is 400 g/mol. The first-order valence-corrected chi connectivity index (χ1v) is 9.56. The Bertz CT molecular complexity index is 790. The van der Waals surface area contributed by atoms with Gasteiger partial charge in [-0.2, -0.15) is 5.10 Å². The molecule has 0 atom stereocenters. The Hall–Kier alpha value is -3.22. The van der Waals surface area contributed by atoms with Gasteiger partial charge in [0.05, 0.1) is 27.0 Å². The minimum absolute atomic E-state index is 0.141. The van der Waals surface area contributed by atoms with Crippen molar-refractivity contribution in [3.63, 3.8) is 0 Å². The van der Waals surface area contributed by atoms with Crippen LogP contribution >= 0.6 is 0 Å². The lowest BCUT2D eigenvalue weighted by Gasteiger charge is -2.11. The number of hydrogen-bond acceptors (Lipinski definition) is 6. The van der Waals surface area contributed by atoms with E-state index in [0.29, 0.717) is 23.9 Å². The third-order valence-corrected chi connectivity index (χ3v) is 4.03. The Morgan fingerprint density at radius 3 is 2.41 bits per heavy atom. The molecule has 0 unspecified atom stereocenters. The Labute approximate surface area is 171 Å². The molecule has 156 valence electrons. The van der Waals surface area contributed by atoms with Crippen molar-refractivity contribution in [3.05, 3.63) is 48.0 Å². The number of carbonyl (C=O) groups is 1. The number of hydrazone groups is 1. The molecule has 2 rings (SSSR count). The molecule has 1 amide bonds. The van der Waals surface area contributed by atoms with E-state index in [4.69, 9.17) is 18.9 Å². The number of ether oxygens (including phenoxy) is 4. The van der Waals surface area contributed by atoms with E-state index in [9.17, 15) is 4.79 Å². The Kier molecular flexibility index (Phi) is 9.35. The third kappa shape index (κ3) is 7.73. The van der Waals surface area contributed by atoms with Gasteiger partial charge in [0.25, 0.3) is 5.91 Å². The second kappa shape index (κ2) is 12.3. The minimum atomic E-state index is -0.361. The van der Waals surface area contributed by atoms with Crippen molar-refractivity contribution >= 4 is 12.1 Å². The molecule has 0 aliphatic heterocycles. The smallest absolute Gasteiger partial charge is 0.277 e. The molecule has 0 heterocycles. The summed E-state index contributed by atoms with van der Waals surface area (Å²) in [6.45, 7) is 2.66. The molecule has 0 aliphatic rings. The number of amides is 1. The number of methoxy groups -OCH3 is 2. The minimum Gasteiger partial charge on any atom is -0.497 e. The monoisotopic (exact) mass is 400 g/mol. The molecular weight excluding hydrogens is 372 g/mol. The lowest BCUT2D eigenvalue weighted by Crippen LogP contribution is -2.24. The van der Waals surface area contributed by atoms with Crippen molar-refractivity contribution in [2.45, 2.75) is 26.2 Å². The van der Waals surface area contributed by atoms with Crippen LogP contribution in [0.1, 0.15) is 31.7 Å². The summed E-state index contributed by atoms with van der Waals surface area (Å²) in [5.74, 6) is 2.25. The zero-order chi connectivity index (χ0) is 20.9. The molecule has 0 saturated carbocycles. The second-order valence-corrected chi connectivity index (χ2v) is 6.22. The first-order valence-electron chi connectivity index (χ1n) is 9.56. The fraction of sp³-hybridized carbons (Fsp3) is 0.364. The number of nitrogens with one attached hydrogen (secondary N) is 1. The SMILES string of the molecule is CCCCCOc1ccc(/C=N/NC(=O)COc2ccc(OC)cc2)cc1OC. The van der Waals surface area contributed by atoms with Gasteiger partial charge < -0.3 is 18.9 Å². The van der Waals surface area contributed by atoms with E-state index in [-0.39, 0.29) is 12.5 Å². The molecular formula is C22H28N2O5. The van der Waals surface area contributed by atoms with Crippen LogP contribution in [0.5, 0.6) is 23.0 Å². The predicted molar refractivity (Wildman–Crippen MR) is 112 cm³/mol. The molecule has 0 aliphatic carbocycles. The molecule has 0 aromatic heterocycles. The summed E-state index contributed by atoms with van der Waals surface area (Å²) in [7, 11) is 3.18. The first-order chi connectivity index (χ1) is 14.2. The number of carbonyl (C=O) groups excluding carboxylic acids is 1. The van der Waals surface area contributed by atoms with E-state index in [1.54, 1.807) is 44.6 Å². The van der Waals surface area contributed by atoms with Gasteiger partial charge in [-0.3, -0.25) is 4.79 Å². The fourth-order valence-corrected chi connectivity index (χ4v) is 2.45. The van der Waals surface area contributed by atoms with E-state index in [1.807, 2.05) is 12.1 Å². The van der Waals surface area contributed by atoms with E-state index >= 15 is 0 Å². The van der Waals surface area contributed by atoms with E-state index in [2.05, 4.69) is 17.5 Å². The molecule has 0 radical (unpaired) electrons. The second-order valence-electron chi connectivity index (χ2n) is 6.22. The Balaban J connectivity index is 1.81. The number of rotatable bonds is 12. The maximum absolute atomic E-state index is 11.9. The fourth-order valence-electron chi connectivity index (χ4n) is 2.45. The van der Waals surface area contributed by atoms with Crippen LogP contribution in [0.25, 0.3) is 0 Å². The summed E-state index contributed by atoms with van der Waals surface area (Å²) in [5.41, 5.74) is 3.21. The number of hydrogen-bond donors (Lipinski definition) is 1. The normalized spacial score (nSPS) is 10.6. The highest BCUT2D eigenvalue weighted by Gasteiger charge is 2.06. The van der Waals surface area contributed by atoms with Crippen molar-refractivity contribution < 1.29 is 23.7 Å². The summed E-state index contributed by atoms with van der Waals surface area (Å²) in [6.07, 6.45) is 4.82. The molecule has 0 fully saturated rings. The quantitative estimate of drug-likeness (QED) is 0.333. The van der Waals surface area contributed by atoms with Gasteiger partial charge in [0.2, 0.25) is 0 Å². The zero-order valence-corrected chi connectivity index (χ0v) is 17.1. The maximum Gasteiger partial charge on any atom is 0.277 e. The van der Waals surface area contributed by atoms with Crippen LogP contribution in [0.2, 0.25) is 0 Å². The van der Waals surface area contributed by atoms with Crippen LogP contribution in [0.15, 0.2) is 47.6 Å². The zero-order valence-electron chi connectivity index (χ0n) is 17.1. The molecule has 0 spiro atoms. The number of nitrogens with zero attached hydrogens (tertiary/aromatic N) is 1. The van der Waals surface area contributed by atoms with E-state index < -0.39 is 0 Å². The predicted octanol–water partition coefficient (Wildman–Crippen LogP) is 3.80. The van der Waals surface area contributed by atoms with Gasteiger partial charge in [0, 0.05) is 0 Å². The summed E-state index contributed by atoms with van der Waals surface area (Å²) in [6, 6.07) is 12.5. The summed E-state index contributed by atoms with van der Waals surface area (Å²) < 4.78 is 21.6. The van der Waals surface area contributed by atoms with Crippen LogP contribution in [0, 0.1) is 0 Å². The van der Waals surface area contributed by atoms with Gasteiger partial charge in [-0.05, 0) is 54.4 Å². The molecule has 2 aromatic rings. The van der Waals surface area contributed by atoms with E-state index in [1.165, 1.54) is 6.21 Å². The molecule has 2 aromatic carbocycles. The van der Waals surface area contributed by atoms with Crippen molar-refractivity contribution in [2.24, 2.45) is 5.10 Å². The molecule has 0 saturated heterocycles. The molecule has 29 heavy (non-hydrogen) atoms. The van der Waals surface area contributed by atoms with Crippen molar-refractivity contribution in [1.82, 2.24) is 5.43 Å². The third-order valence-electron chi connectivity index (χ3n) is 4.03. The lowest BCUT2D eigenvalue weighted by molar-refractivity contribution is -0.123. The van der Waals surface area contributed by atoms with Gasteiger partial charge >= 0.3 is 0 Å². The number of unbranched alkanes of at least 4 members (excludes halogenated alkanes) is 2. The van der Waals surface area contributed by atoms with Gasteiger partial charge in [-0.15, -0.1) is 0 Å². The lowest BCUT2D eigenvalue weighted by atomic mass is 10.2. The Morgan fingerprint density at radius 1 is 0.966 bits per heavy atom. The largest absolute Gasteiger partial charge is 0.497 e.